The zero-order chi connectivity index (χ0) is 49.6. The van der Waals surface area contributed by atoms with Gasteiger partial charge < -0.3 is 29.5 Å². The number of ether oxygens (including phenoxy) is 2. The predicted octanol–water partition coefficient (Wildman–Crippen LogP) is 16.2. The summed E-state index contributed by atoms with van der Waals surface area (Å²) in [5, 5.41) is 21.0. The van der Waals surface area contributed by atoms with Crippen molar-refractivity contribution in [3.05, 3.63) is 251 Å². The van der Waals surface area contributed by atoms with E-state index < -0.39 is 0 Å². The molecule has 0 heterocycles. The molecule has 0 bridgehead atoms. The average molecular weight is 947 g/mol. The molecule has 6 nitrogen and oxygen atoms in total. The van der Waals surface area contributed by atoms with Crippen molar-refractivity contribution in [2.45, 2.75) is 64.1 Å². The van der Waals surface area contributed by atoms with Gasteiger partial charge in [0.15, 0.2) is 0 Å². The van der Waals surface area contributed by atoms with Crippen molar-refractivity contribution in [3.8, 4) is 33.8 Å². The van der Waals surface area contributed by atoms with Crippen LogP contribution in [0.1, 0.15) is 70.5 Å². The van der Waals surface area contributed by atoms with Crippen LogP contribution in [-0.4, -0.2) is 24.4 Å². The van der Waals surface area contributed by atoms with E-state index in [1.165, 1.54) is 27.8 Å². The van der Waals surface area contributed by atoms with Crippen molar-refractivity contribution in [1.82, 2.24) is 0 Å². The summed E-state index contributed by atoms with van der Waals surface area (Å²) in [5.41, 5.74) is 17.7. The monoisotopic (exact) mass is 946 g/mol. The number of aliphatic hydroxyl groups is 2. The Bertz CT molecular complexity index is 3060. The maximum atomic E-state index is 10.8. The fourth-order valence-corrected chi connectivity index (χ4v) is 11.0. The van der Waals surface area contributed by atoms with Crippen LogP contribution >= 0.6 is 0 Å². The SMILES string of the molecule is COc1ccccc1-c1ccc(N(c2ccc(C)cc2)c2ccc(C3(c4ccc(N(c5ccc(C)cc5)c5ccc(-c6ccccc6CO)c(OC)c5)cc4)CCC(c4ccccc4)CC3)cc2)cc1CO. The quantitative estimate of drug-likeness (QED) is 0.107. The van der Waals surface area contributed by atoms with E-state index in [2.05, 4.69) is 187 Å². The van der Waals surface area contributed by atoms with E-state index in [4.69, 9.17) is 9.47 Å². The van der Waals surface area contributed by atoms with Crippen LogP contribution in [-0.2, 0) is 18.6 Å². The molecule has 0 saturated heterocycles. The van der Waals surface area contributed by atoms with Gasteiger partial charge >= 0.3 is 0 Å². The largest absolute Gasteiger partial charge is 0.496 e. The molecule has 1 aliphatic carbocycles. The molecule has 9 aromatic rings. The van der Waals surface area contributed by atoms with Crippen LogP contribution in [0.5, 0.6) is 11.5 Å². The molecule has 0 aromatic heterocycles. The summed E-state index contributed by atoms with van der Waals surface area (Å²) in [5.74, 6) is 2.00. The number of hydrogen-bond acceptors (Lipinski definition) is 6. The van der Waals surface area contributed by atoms with Crippen LogP contribution < -0.4 is 19.3 Å². The van der Waals surface area contributed by atoms with Gasteiger partial charge in [0.1, 0.15) is 11.5 Å². The maximum Gasteiger partial charge on any atom is 0.128 e. The molecule has 1 fully saturated rings. The van der Waals surface area contributed by atoms with Gasteiger partial charge in [-0.2, -0.15) is 0 Å². The van der Waals surface area contributed by atoms with E-state index in [1.807, 2.05) is 48.5 Å². The summed E-state index contributed by atoms with van der Waals surface area (Å²) in [7, 11) is 3.39. The Balaban J connectivity index is 1.04. The number of methoxy groups -OCH3 is 2. The van der Waals surface area contributed by atoms with Gasteiger partial charge in [-0.15, -0.1) is 0 Å². The van der Waals surface area contributed by atoms with Crippen molar-refractivity contribution in [2.24, 2.45) is 0 Å². The fourth-order valence-electron chi connectivity index (χ4n) is 11.0. The highest BCUT2D eigenvalue weighted by molar-refractivity contribution is 5.84. The summed E-state index contributed by atoms with van der Waals surface area (Å²) in [4.78, 5) is 4.58. The first kappa shape index (κ1) is 47.8. The van der Waals surface area contributed by atoms with Crippen LogP contribution in [0.15, 0.2) is 212 Å². The zero-order valence-corrected chi connectivity index (χ0v) is 41.6. The first-order valence-corrected chi connectivity index (χ1v) is 25.0. The van der Waals surface area contributed by atoms with Gasteiger partial charge in [0.25, 0.3) is 0 Å². The van der Waals surface area contributed by atoms with E-state index in [0.29, 0.717) is 5.92 Å². The standard InChI is InChI=1S/C66H62N2O4/c1-46-18-26-54(27-19-46)67(58-34-36-61(51(42-58)45-70)62-16-10-11-17-64(62)71-3)56-30-22-52(23-31-56)66(40-38-49(39-41-66)48-12-6-5-7-13-48)53-24-32-57(33-25-53)68(55-28-20-47(2)21-29-55)59-35-37-63(65(43-59)72-4)60-15-9-8-14-50(60)44-69/h5-37,42-43,49,69-70H,38-41,44-45H2,1-4H3. The molecular formula is C66H62N2O4. The van der Waals surface area contributed by atoms with Gasteiger partial charge in [0, 0.05) is 56.7 Å². The third-order valence-corrected chi connectivity index (χ3v) is 14.9. The normalized spacial score (nSPS) is 15.4. The number of para-hydroxylation sites is 1. The predicted molar refractivity (Wildman–Crippen MR) is 296 cm³/mol. The Morgan fingerprint density at radius 2 is 0.833 bits per heavy atom. The molecule has 360 valence electrons. The van der Waals surface area contributed by atoms with Crippen LogP contribution in [0.4, 0.5) is 34.1 Å². The third kappa shape index (κ3) is 9.51. The number of aryl methyl sites for hydroxylation is 2. The van der Waals surface area contributed by atoms with E-state index in [1.54, 1.807) is 14.2 Å². The van der Waals surface area contributed by atoms with Crippen LogP contribution in [0, 0.1) is 13.8 Å². The van der Waals surface area contributed by atoms with Gasteiger partial charge in [-0.25, -0.2) is 0 Å². The van der Waals surface area contributed by atoms with Gasteiger partial charge in [-0.3, -0.25) is 0 Å². The highest BCUT2D eigenvalue weighted by atomic mass is 16.5. The highest BCUT2D eigenvalue weighted by Gasteiger charge is 2.39. The molecule has 0 aliphatic heterocycles. The molecule has 9 aromatic carbocycles. The molecule has 72 heavy (non-hydrogen) atoms. The molecule has 1 saturated carbocycles. The van der Waals surface area contributed by atoms with Crippen molar-refractivity contribution < 1.29 is 19.7 Å². The van der Waals surface area contributed by atoms with Crippen molar-refractivity contribution in [1.29, 1.82) is 0 Å². The lowest BCUT2D eigenvalue weighted by molar-refractivity contribution is 0.282. The number of nitrogens with zero attached hydrogens (tertiary/aromatic N) is 2. The molecule has 6 heteroatoms. The summed E-state index contributed by atoms with van der Waals surface area (Å²) < 4.78 is 11.8. The third-order valence-electron chi connectivity index (χ3n) is 14.9. The second-order valence-corrected chi connectivity index (χ2v) is 19.1. The lowest BCUT2D eigenvalue weighted by Crippen LogP contribution is -2.32. The Morgan fingerprint density at radius 3 is 1.36 bits per heavy atom. The Morgan fingerprint density at radius 1 is 0.417 bits per heavy atom. The Labute approximate surface area is 425 Å². The van der Waals surface area contributed by atoms with Crippen LogP contribution in [0.25, 0.3) is 22.3 Å². The molecule has 0 unspecified atom stereocenters. The number of benzene rings is 9. The summed E-state index contributed by atoms with van der Waals surface area (Å²) >= 11 is 0. The van der Waals surface area contributed by atoms with Crippen LogP contribution in [0.3, 0.4) is 0 Å². The lowest BCUT2D eigenvalue weighted by atomic mass is 9.62. The zero-order valence-electron chi connectivity index (χ0n) is 41.6. The summed E-state index contributed by atoms with van der Waals surface area (Å²) in [6.07, 6.45) is 4.17. The fraction of sp³-hybridized carbons (Fsp3) is 0.182. The van der Waals surface area contributed by atoms with Gasteiger partial charge in [-0.1, -0.05) is 139 Å². The van der Waals surface area contributed by atoms with E-state index in [0.717, 1.165) is 105 Å². The van der Waals surface area contributed by atoms with Crippen molar-refractivity contribution in [3.63, 3.8) is 0 Å². The molecule has 2 N–H and O–H groups in total. The second-order valence-electron chi connectivity index (χ2n) is 19.1. The molecule has 10 rings (SSSR count). The minimum atomic E-state index is -0.225. The van der Waals surface area contributed by atoms with Gasteiger partial charge in [0.05, 0.1) is 27.4 Å². The highest BCUT2D eigenvalue weighted by Crippen LogP contribution is 2.51. The smallest absolute Gasteiger partial charge is 0.128 e. The molecule has 1 aliphatic rings. The average Bonchev–Trinajstić information content (AvgIpc) is 3.44. The van der Waals surface area contributed by atoms with E-state index in [-0.39, 0.29) is 18.6 Å². The topological polar surface area (TPSA) is 65.4 Å². The second kappa shape index (κ2) is 21.2. The summed E-state index contributed by atoms with van der Waals surface area (Å²) in [6, 6.07) is 75.5. The van der Waals surface area contributed by atoms with Crippen molar-refractivity contribution >= 4 is 34.1 Å². The van der Waals surface area contributed by atoms with E-state index >= 15 is 0 Å². The molecule has 0 radical (unpaired) electrons. The van der Waals surface area contributed by atoms with Gasteiger partial charge in [-0.05, 0) is 163 Å². The number of hydrogen-bond donors (Lipinski definition) is 2. The number of rotatable bonds is 15. The summed E-state index contributed by atoms with van der Waals surface area (Å²) in [6.45, 7) is 4.06. The first-order valence-electron chi connectivity index (χ1n) is 25.0. The number of anilines is 6. The van der Waals surface area contributed by atoms with E-state index in [9.17, 15) is 10.2 Å². The van der Waals surface area contributed by atoms with Crippen molar-refractivity contribution in [2.75, 3.05) is 24.0 Å². The minimum absolute atomic E-state index is 0.0555. The molecule has 0 atom stereocenters. The number of aliphatic hydroxyl groups excluding tert-OH is 2. The van der Waals surface area contributed by atoms with Gasteiger partial charge in [0.2, 0.25) is 0 Å². The molecule has 0 amide bonds. The first-order chi connectivity index (χ1) is 35.3. The van der Waals surface area contributed by atoms with Crippen LogP contribution in [0.2, 0.25) is 0 Å². The molecule has 0 spiro atoms. The lowest BCUT2D eigenvalue weighted by Gasteiger charge is -2.42. The maximum absolute atomic E-state index is 10.8. The minimum Gasteiger partial charge on any atom is -0.496 e. The Hall–Kier alpha value is -7.90. The molecular weight excluding hydrogens is 885 g/mol. The Kier molecular flexibility index (Phi) is 14.1.